The van der Waals surface area contributed by atoms with Crippen molar-refractivity contribution in [1.29, 1.82) is 0 Å². The van der Waals surface area contributed by atoms with Gasteiger partial charge in [-0.15, -0.1) is 24.0 Å². The summed E-state index contributed by atoms with van der Waals surface area (Å²) in [6, 6.07) is 3.53. The maximum Gasteiger partial charge on any atom is 0.287 e. The van der Waals surface area contributed by atoms with Crippen molar-refractivity contribution in [3.63, 3.8) is 0 Å². The summed E-state index contributed by atoms with van der Waals surface area (Å²) in [6.07, 6.45) is 0. The van der Waals surface area contributed by atoms with E-state index in [1.807, 2.05) is 0 Å². The van der Waals surface area contributed by atoms with Gasteiger partial charge in [-0.25, -0.2) is 0 Å². The molecule has 0 spiro atoms. The van der Waals surface area contributed by atoms with E-state index in [4.69, 9.17) is 0 Å². The van der Waals surface area contributed by atoms with Gasteiger partial charge < -0.3 is 0 Å². The van der Waals surface area contributed by atoms with Crippen LogP contribution in [0.3, 0.4) is 0 Å². The average molecular weight is 337 g/mol. The Bertz CT molecular complexity index is 523. The normalized spacial score (nSPS) is 10.7. The molecule has 0 fully saturated rings. The first-order chi connectivity index (χ1) is 6.61. The lowest BCUT2D eigenvalue weighted by Gasteiger charge is -1.97. The van der Waals surface area contributed by atoms with Crippen LogP contribution in [0.15, 0.2) is 22.4 Å². The summed E-state index contributed by atoms with van der Waals surface area (Å²) in [5.41, 5.74) is 0.177. The van der Waals surface area contributed by atoms with Gasteiger partial charge >= 0.3 is 0 Å². The number of hydrogen-bond acceptors (Lipinski definition) is 4. The third kappa shape index (κ3) is 1.51. The zero-order valence-electron chi connectivity index (χ0n) is 6.73. The summed E-state index contributed by atoms with van der Waals surface area (Å²) in [5, 5.41) is 12.9. The molecule has 2 aromatic rings. The molecule has 14 heavy (non-hydrogen) atoms. The Morgan fingerprint density at radius 2 is 2.21 bits per heavy atom. The molecule has 3 nitrogen and oxygen atoms in total. The fourth-order valence-corrected chi connectivity index (χ4v) is 3.25. The third-order valence-corrected chi connectivity index (χ3v) is 5.12. The molecule has 0 saturated heterocycles. The lowest BCUT2D eigenvalue weighted by molar-refractivity contribution is -0.382. The van der Waals surface area contributed by atoms with E-state index in [2.05, 4.69) is 35.2 Å². The molecule has 6 heteroatoms. The number of fused-ring (bicyclic) bond motifs is 1. The van der Waals surface area contributed by atoms with E-state index >= 15 is 0 Å². The maximum atomic E-state index is 10.7. The molecule has 0 radical (unpaired) electrons. The smallest absolute Gasteiger partial charge is 0.258 e. The van der Waals surface area contributed by atoms with Crippen LogP contribution < -0.4 is 0 Å². The van der Waals surface area contributed by atoms with Crippen LogP contribution in [-0.2, 0) is 0 Å². The summed E-state index contributed by atoms with van der Waals surface area (Å²) in [4.78, 5) is 11.2. The van der Waals surface area contributed by atoms with E-state index < -0.39 is 0 Å². The van der Waals surface area contributed by atoms with Crippen molar-refractivity contribution in [2.75, 3.05) is 0 Å². The molecule has 1 aromatic heterocycles. The lowest BCUT2D eigenvalue weighted by Crippen LogP contribution is -1.85. The standard InChI is InChI=1S/C8H4INO2S2/c9-7-6(13)2-1-4-5(10(11)12)3-14-8(4)7/h1-3,13H. The number of nitro groups is 1. The van der Waals surface area contributed by atoms with Crippen LogP contribution in [0.25, 0.3) is 10.1 Å². The topological polar surface area (TPSA) is 43.1 Å². The number of hydrogen-bond donors (Lipinski definition) is 1. The first kappa shape index (κ1) is 10.2. The predicted octanol–water partition coefficient (Wildman–Crippen LogP) is 3.70. The zero-order valence-corrected chi connectivity index (χ0v) is 10.6. The summed E-state index contributed by atoms with van der Waals surface area (Å²) in [5.74, 6) is 0. The fourth-order valence-electron chi connectivity index (χ4n) is 1.18. The molecule has 0 unspecified atom stereocenters. The highest BCUT2D eigenvalue weighted by atomic mass is 127. The number of benzene rings is 1. The van der Waals surface area contributed by atoms with Gasteiger partial charge in [0.15, 0.2) is 0 Å². The van der Waals surface area contributed by atoms with Gasteiger partial charge in [-0.05, 0) is 34.7 Å². The van der Waals surface area contributed by atoms with Gasteiger partial charge in [-0.3, -0.25) is 10.1 Å². The molecule has 1 heterocycles. The van der Waals surface area contributed by atoms with E-state index in [1.165, 1.54) is 11.3 Å². The minimum Gasteiger partial charge on any atom is -0.258 e. The minimum atomic E-state index is -0.354. The van der Waals surface area contributed by atoms with Crippen LogP contribution >= 0.6 is 46.6 Å². The maximum absolute atomic E-state index is 10.7. The van der Waals surface area contributed by atoms with Gasteiger partial charge in [0.1, 0.15) is 0 Å². The second-order valence-corrected chi connectivity index (χ2v) is 5.09. The molecular weight excluding hydrogens is 333 g/mol. The monoisotopic (exact) mass is 337 g/mol. The molecule has 0 N–H and O–H groups in total. The van der Waals surface area contributed by atoms with Crippen molar-refractivity contribution < 1.29 is 4.92 Å². The molecule has 2 rings (SSSR count). The number of thiophene rings is 1. The number of nitrogens with zero attached hydrogens (tertiary/aromatic N) is 1. The van der Waals surface area contributed by atoms with E-state index in [0.717, 1.165) is 13.2 Å². The molecule has 0 amide bonds. The predicted molar refractivity (Wildman–Crippen MR) is 68.4 cm³/mol. The van der Waals surface area contributed by atoms with Crippen LogP contribution in [0.5, 0.6) is 0 Å². The second kappa shape index (κ2) is 3.67. The average Bonchev–Trinajstić information content (AvgIpc) is 2.55. The molecule has 0 atom stereocenters. The quantitative estimate of drug-likeness (QED) is 0.373. The van der Waals surface area contributed by atoms with Crippen LogP contribution in [0.1, 0.15) is 0 Å². The molecule has 0 bridgehead atoms. The largest absolute Gasteiger partial charge is 0.287 e. The highest BCUT2D eigenvalue weighted by molar-refractivity contribution is 14.1. The molecule has 0 aliphatic carbocycles. The van der Waals surface area contributed by atoms with Crippen LogP contribution in [-0.4, -0.2) is 4.92 Å². The number of thiol groups is 1. The second-order valence-electron chi connectivity index (χ2n) is 2.65. The molecule has 72 valence electrons. The Labute approximate surface area is 103 Å². The highest BCUT2D eigenvalue weighted by Gasteiger charge is 2.16. The van der Waals surface area contributed by atoms with Crippen molar-refractivity contribution in [2.24, 2.45) is 0 Å². The summed E-state index contributed by atoms with van der Waals surface area (Å²) in [7, 11) is 0. The van der Waals surface area contributed by atoms with Crippen LogP contribution in [0.2, 0.25) is 0 Å². The Kier molecular flexibility index (Phi) is 2.67. The van der Waals surface area contributed by atoms with Gasteiger partial charge in [0.05, 0.1) is 20.4 Å². The van der Waals surface area contributed by atoms with Crippen molar-refractivity contribution in [1.82, 2.24) is 0 Å². The van der Waals surface area contributed by atoms with E-state index in [9.17, 15) is 10.1 Å². The summed E-state index contributed by atoms with van der Waals surface area (Å²) < 4.78 is 1.91. The SMILES string of the molecule is O=[N+]([O-])c1csc2c(I)c(S)ccc12. The zero-order chi connectivity index (χ0) is 10.3. The molecule has 0 aliphatic heterocycles. The Morgan fingerprint density at radius 1 is 1.50 bits per heavy atom. The minimum absolute atomic E-state index is 0.177. The van der Waals surface area contributed by atoms with Crippen molar-refractivity contribution in [2.45, 2.75) is 4.90 Å². The van der Waals surface area contributed by atoms with Gasteiger partial charge in [0.25, 0.3) is 5.69 Å². The highest BCUT2D eigenvalue weighted by Crippen LogP contribution is 2.37. The summed E-state index contributed by atoms with van der Waals surface area (Å²) >= 11 is 7.80. The van der Waals surface area contributed by atoms with E-state index in [-0.39, 0.29) is 10.6 Å². The van der Waals surface area contributed by atoms with Gasteiger partial charge in [0, 0.05) is 8.47 Å². The molecule has 1 aromatic carbocycles. The first-order valence-electron chi connectivity index (χ1n) is 3.64. The van der Waals surface area contributed by atoms with Crippen LogP contribution in [0.4, 0.5) is 5.69 Å². The van der Waals surface area contributed by atoms with Gasteiger partial charge in [-0.1, -0.05) is 0 Å². The van der Waals surface area contributed by atoms with Crippen molar-refractivity contribution in [3.8, 4) is 0 Å². The van der Waals surface area contributed by atoms with Crippen molar-refractivity contribution >= 4 is 62.3 Å². The summed E-state index contributed by atoms with van der Waals surface area (Å²) in [6.45, 7) is 0. The lowest BCUT2D eigenvalue weighted by atomic mass is 10.2. The first-order valence-corrected chi connectivity index (χ1v) is 6.05. The van der Waals surface area contributed by atoms with E-state index in [1.54, 1.807) is 17.5 Å². The molecular formula is C8H4INO2S2. The Balaban J connectivity index is 2.83. The number of halogens is 1. The Hall–Kier alpha value is -0.340. The van der Waals surface area contributed by atoms with Gasteiger partial charge in [-0.2, -0.15) is 0 Å². The third-order valence-electron chi connectivity index (χ3n) is 1.84. The number of rotatable bonds is 1. The van der Waals surface area contributed by atoms with Crippen molar-refractivity contribution in [3.05, 3.63) is 31.2 Å². The van der Waals surface area contributed by atoms with Crippen LogP contribution in [0, 0.1) is 13.7 Å². The Morgan fingerprint density at radius 3 is 2.86 bits per heavy atom. The van der Waals surface area contributed by atoms with Gasteiger partial charge in [0.2, 0.25) is 0 Å². The molecule has 0 saturated carbocycles. The fraction of sp³-hybridized carbons (Fsp3) is 0. The van der Waals surface area contributed by atoms with E-state index in [0.29, 0.717) is 5.39 Å². The molecule has 0 aliphatic rings.